The van der Waals surface area contributed by atoms with E-state index in [4.69, 9.17) is 4.74 Å². The van der Waals surface area contributed by atoms with Gasteiger partial charge in [-0.25, -0.2) is 4.79 Å². The van der Waals surface area contributed by atoms with Crippen LogP contribution in [0.2, 0.25) is 0 Å². The van der Waals surface area contributed by atoms with Crippen LogP contribution in [0.25, 0.3) is 0 Å². The topological polar surface area (TPSA) is 31.2 Å². The lowest BCUT2D eigenvalue weighted by molar-refractivity contribution is 0.0568. The van der Waals surface area contributed by atoms with E-state index in [2.05, 4.69) is 0 Å². The van der Waals surface area contributed by atoms with Gasteiger partial charge in [-0.15, -0.1) is 0 Å². The molecule has 0 saturated heterocycles. The summed E-state index contributed by atoms with van der Waals surface area (Å²) in [4.78, 5) is 12.8. The van der Waals surface area contributed by atoms with Gasteiger partial charge in [-0.3, -0.25) is 0 Å². The van der Waals surface area contributed by atoms with Crippen LogP contribution in [0.5, 0.6) is 0 Å². The third-order valence-electron chi connectivity index (χ3n) is 2.31. The molecule has 1 aromatic carbocycles. The van der Waals surface area contributed by atoms with Crippen molar-refractivity contribution in [3.63, 3.8) is 0 Å². The van der Waals surface area contributed by atoms with Gasteiger partial charge in [0.2, 0.25) is 0 Å². The van der Waals surface area contributed by atoms with Gasteiger partial charge in [0.1, 0.15) is 11.6 Å². The SMILES string of the molecule is Cn1cccc1C(=O)OCSc1ccccc1. The minimum absolute atomic E-state index is 0.291. The molecule has 2 rings (SSSR count). The van der Waals surface area contributed by atoms with Crippen LogP contribution >= 0.6 is 11.8 Å². The summed E-state index contributed by atoms with van der Waals surface area (Å²) >= 11 is 1.50. The van der Waals surface area contributed by atoms with Crippen molar-refractivity contribution in [3.8, 4) is 0 Å². The number of esters is 1. The van der Waals surface area contributed by atoms with Gasteiger partial charge in [0.15, 0.2) is 0 Å². The summed E-state index contributed by atoms with van der Waals surface area (Å²) in [6, 6.07) is 13.4. The second kappa shape index (κ2) is 5.59. The number of hydrogen-bond acceptors (Lipinski definition) is 3. The number of thioether (sulfide) groups is 1. The molecule has 0 N–H and O–H groups in total. The number of benzene rings is 1. The van der Waals surface area contributed by atoms with Gasteiger partial charge in [-0.05, 0) is 24.3 Å². The molecular formula is C13H13NO2S. The van der Waals surface area contributed by atoms with Crippen molar-refractivity contribution < 1.29 is 9.53 Å². The quantitative estimate of drug-likeness (QED) is 0.473. The van der Waals surface area contributed by atoms with Gasteiger partial charge < -0.3 is 9.30 Å². The first kappa shape index (κ1) is 11.8. The first-order chi connectivity index (χ1) is 8.27. The molecular weight excluding hydrogens is 234 g/mol. The number of rotatable bonds is 4. The van der Waals surface area contributed by atoms with E-state index in [0.717, 1.165) is 4.90 Å². The monoisotopic (exact) mass is 247 g/mol. The van der Waals surface area contributed by atoms with Crippen LogP contribution in [-0.4, -0.2) is 16.5 Å². The Kier molecular flexibility index (Phi) is 3.88. The second-order valence-electron chi connectivity index (χ2n) is 3.51. The summed E-state index contributed by atoms with van der Waals surface area (Å²) in [5.41, 5.74) is 0.568. The van der Waals surface area contributed by atoms with Crippen molar-refractivity contribution in [1.29, 1.82) is 0 Å². The fourth-order valence-electron chi connectivity index (χ4n) is 1.41. The first-order valence-electron chi connectivity index (χ1n) is 5.23. The lowest BCUT2D eigenvalue weighted by atomic mass is 10.4. The Labute approximate surface area is 104 Å². The smallest absolute Gasteiger partial charge is 0.355 e. The van der Waals surface area contributed by atoms with Gasteiger partial charge >= 0.3 is 5.97 Å². The average molecular weight is 247 g/mol. The van der Waals surface area contributed by atoms with Crippen LogP contribution < -0.4 is 0 Å². The third-order valence-corrected chi connectivity index (χ3v) is 3.15. The molecule has 0 radical (unpaired) electrons. The number of carbonyl (C=O) groups excluding carboxylic acids is 1. The summed E-state index contributed by atoms with van der Waals surface area (Å²) in [6.45, 7) is 0. The summed E-state index contributed by atoms with van der Waals surface area (Å²) in [6.07, 6.45) is 1.82. The molecule has 0 atom stereocenters. The van der Waals surface area contributed by atoms with Crippen LogP contribution in [-0.2, 0) is 11.8 Å². The summed E-state index contributed by atoms with van der Waals surface area (Å²) < 4.78 is 6.92. The molecule has 0 aliphatic carbocycles. The van der Waals surface area contributed by atoms with E-state index in [0.29, 0.717) is 11.6 Å². The lowest BCUT2D eigenvalue weighted by Crippen LogP contribution is -2.09. The van der Waals surface area contributed by atoms with Crippen LogP contribution in [0, 0.1) is 0 Å². The maximum Gasteiger partial charge on any atom is 0.355 e. The molecule has 0 spiro atoms. The maximum atomic E-state index is 11.7. The van der Waals surface area contributed by atoms with E-state index >= 15 is 0 Å². The average Bonchev–Trinajstić information content (AvgIpc) is 2.77. The Morgan fingerprint density at radius 1 is 1.24 bits per heavy atom. The van der Waals surface area contributed by atoms with Crippen LogP contribution in [0.1, 0.15) is 10.5 Å². The Morgan fingerprint density at radius 2 is 2.00 bits per heavy atom. The van der Waals surface area contributed by atoms with Crippen molar-refractivity contribution in [2.75, 3.05) is 5.94 Å². The highest BCUT2D eigenvalue weighted by atomic mass is 32.2. The molecule has 0 bridgehead atoms. The van der Waals surface area contributed by atoms with E-state index in [-0.39, 0.29) is 5.97 Å². The summed E-state index contributed by atoms with van der Waals surface area (Å²) in [7, 11) is 1.82. The predicted molar refractivity (Wildman–Crippen MR) is 68.0 cm³/mol. The van der Waals surface area contributed by atoms with Gasteiger partial charge in [0.05, 0.1) is 0 Å². The van der Waals surface area contributed by atoms with E-state index in [1.807, 2.05) is 49.6 Å². The largest absolute Gasteiger partial charge is 0.450 e. The van der Waals surface area contributed by atoms with Gasteiger partial charge in [-0.1, -0.05) is 30.0 Å². The standard InChI is InChI=1S/C13H13NO2S/c1-14-9-5-8-12(14)13(15)16-10-17-11-6-3-2-4-7-11/h2-9H,10H2,1H3. The van der Waals surface area contributed by atoms with E-state index < -0.39 is 0 Å². The maximum absolute atomic E-state index is 11.7. The van der Waals surface area contributed by atoms with Crippen molar-refractivity contribution in [1.82, 2.24) is 4.57 Å². The molecule has 1 heterocycles. The van der Waals surface area contributed by atoms with E-state index in [1.54, 1.807) is 10.6 Å². The molecule has 88 valence electrons. The summed E-state index contributed by atoms with van der Waals surface area (Å²) in [5.74, 6) is 0.0366. The Morgan fingerprint density at radius 3 is 2.65 bits per heavy atom. The number of aromatic nitrogens is 1. The molecule has 0 aliphatic heterocycles. The predicted octanol–water partition coefficient (Wildman–Crippen LogP) is 2.93. The molecule has 0 saturated carbocycles. The molecule has 3 nitrogen and oxygen atoms in total. The van der Waals surface area contributed by atoms with Crippen molar-refractivity contribution >= 4 is 17.7 Å². The molecule has 0 unspecified atom stereocenters. The number of ether oxygens (including phenoxy) is 1. The highest BCUT2D eigenvalue weighted by molar-refractivity contribution is 7.99. The Balaban J connectivity index is 1.84. The molecule has 1 aromatic heterocycles. The molecule has 0 fully saturated rings. The molecule has 2 aromatic rings. The Bertz CT molecular complexity index is 493. The lowest BCUT2D eigenvalue weighted by Gasteiger charge is -2.05. The van der Waals surface area contributed by atoms with Gasteiger partial charge in [0.25, 0.3) is 0 Å². The number of aryl methyl sites for hydroxylation is 1. The zero-order chi connectivity index (χ0) is 12.1. The molecule has 0 amide bonds. The zero-order valence-electron chi connectivity index (χ0n) is 9.50. The van der Waals surface area contributed by atoms with Gasteiger partial charge in [-0.2, -0.15) is 0 Å². The molecule has 4 heteroatoms. The van der Waals surface area contributed by atoms with E-state index in [1.165, 1.54) is 11.8 Å². The van der Waals surface area contributed by atoms with Crippen LogP contribution in [0.4, 0.5) is 0 Å². The second-order valence-corrected chi connectivity index (χ2v) is 4.51. The molecule has 0 aliphatic rings. The Hall–Kier alpha value is -1.68. The zero-order valence-corrected chi connectivity index (χ0v) is 10.3. The van der Waals surface area contributed by atoms with Gasteiger partial charge in [0, 0.05) is 18.1 Å². The van der Waals surface area contributed by atoms with E-state index in [9.17, 15) is 4.79 Å². The fraction of sp³-hybridized carbons (Fsp3) is 0.154. The highest BCUT2D eigenvalue weighted by Gasteiger charge is 2.09. The third kappa shape index (κ3) is 3.14. The van der Waals surface area contributed by atoms with Crippen LogP contribution in [0.3, 0.4) is 0 Å². The number of hydrogen-bond donors (Lipinski definition) is 0. The minimum atomic E-state index is -0.291. The number of nitrogens with zero attached hydrogens (tertiary/aromatic N) is 1. The molecule has 17 heavy (non-hydrogen) atoms. The van der Waals surface area contributed by atoms with Crippen molar-refractivity contribution in [3.05, 3.63) is 54.4 Å². The summed E-state index contributed by atoms with van der Waals surface area (Å²) in [5, 5.41) is 0. The fourth-order valence-corrected chi connectivity index (χ4v) is 2.07. The first-order valence-corrected chi connectivity index (χ1v) is 6.22. The van der Waals surface area contributed by atoms with Crippen molar-refractivity contribution in [2.45, 2.75) is 4.90 Å². The van der Waals surface area contributed by atoms with Crippen LogP contribution in [0.15, 0.2) is 53.6 Å². The van der Waals surface area contributed by atoms with Crippen molar-refractivity contribution in [2.24, 2.45) is 7.05 Å². The normalized spacial score (nSPS) is 10.2. The minimum Gasteiger partial charge on any atom is -0.450 e. The number of carbonyl (C=O) groups is 1. The highest BCUT2D eigenvalue weighted by Crippen LogP contribution is 2.17.